The van der Waals surface area contributed by atoms with Crippen LogP contribution in [0.5, 0.6) is 0 Å². The molecule has 1 atom stereocenters. The number of rotatable bonds is 2. The second-order valence-corrected chi connectivity index (χ2v) is 3.80. The number of nitrogens with zero attached hydrogens (tertiary/aromatic N) is 3. The Morgan fingerprint density at radius 1 is 1.31 bits per heavy atom. The van der Waals surface area contributed by atoms with Crippen molar-refractivity contribution in [3.63, 3.8) is 0 Å². The Labute approximate surface area is 92.7 Å². The zero-order chi connectivity index (χ0) is 11.8. The molecule has 0 bridgehead atoms. The van der Waals surface area contributed by atoms with Crippen LogP contribution in [0.25, 0.3) is 0 Å². The molecule has 1 aliphatic rings. The number of hydrogen-bond acceptors (Lipinski definition) is 4. The quantitative estimate of drug-likeness (QED) is 0.710. The smallest absolute Gasteiger partial charge is 0.269 e. The topological polar surface area (TPSA) is 62.1 Å². The van der Waals surface area contributed by atoms with Crippen molar-refractivity contribution in [2.24, 2.45) is 10.3 Å². The highest BCUT2D eigenvalue weighted by Gasteiger charge is 2.47. The first-order valence-electron chi connectivity index (χ1n) is 4.89. The second kappa shape index (κ2) is 3.52. The van der Waals surface area contributed by atoms with Crippen LogP contribution in [-0.4, -0.2) is 17.2 Å². The molecule has 1 aromatic rings. The highest BCUT2D eigenvalue weighted by Crippen LogP contribution is 2.28. The third-order valence-corrected chi connectivity index (χ3v) is 2.75. The van der Waals surface area contributed by atoms with E-state index in [0.717, 1.165) is 0 Å². The average Bonchev–Trinajstić information content (AvgIpc) is 2.55. The summed E-state index contributed by atoms with van der Waals surface area (Å²) in [5.74, 6) is -0.411. The lowest BCUT2D eigenvalue weighted by Gasteiger charge is -2.15. The molecule has 1 unspecified atom stereocenters. The van der Waals surface area contributed by atoms with Crippen molar-refractivity contribution in [1.82, 2.24) is 0 Å². The highest BCUT2D eigenvalue weighted by atomic mass is 16.3. The number of para-hydroxylation sites is 1. The van der Waals surface area contributed by atoms with E-state index in [0.29, 0.717) is 11.4 Å². The Morgan fingerprint density at radius 2 is 1.94 bits per heavy atom. The lowest BCUT2D eigenvalue weighted by Crippen LogP contribution is -2.40. The van der Waals surface area contributed by atoms with Gasteiger partial charge in [0.15, 0.2) is 0 Å². The van der Waals surface area contributed by atoms with Gasteiger partial charge < -0.3 is 0 Å². The first kappa shape index (κ1) is 10.5. The van der Waals surface area contributed by atoms with E-state index in [1.165, 1.54) is 11.9 Å². The monoisotopic (exact) mass is 217 g/mol. The van der Waals surface area contributed by atoms with Crippen molar-refractivity contribution in [2.45, 2.75) is 19.4 Å². The predicted molar refractivity (Wildman–Crippen MR) is 61.2 cm³/mol. The maximum absolute atomic E-state index is 12.0. The average molecular weight is 217 g/mol. The molecule has 0 saturated carbocycles. The summed E-state index contributed by atoms with van der Waals surface area (Å²) in [6.45, 7) is 3.10. The summed E-state index contributed by atoms with van der Waals surface area (Å²) in [5.41, 5.74) is -0.314. The maximum atomic E-state index is 12.0. The number of carbonyl (C=O) groups is 1. The fraction of sp³-hybridized carbons (Fsp3) is 0.273. The maximum Gasteiger partial charge on any atom is 0.284 e. The molecule has 0 aliphatic carbocycles. The number of anilines is 1. The summed E-state index contributed by atoms with van der Waals surface area (Å²) < 4.78 is 0. The molecule has 0 aromatic heterocycles. The highest BCUT2D eigenvalue weighted by molar-refractivity contribution is 6.22. The van der Waals surface area contributed by atoms with E-state index in [9.17, 15) is 9.70 Å². The van der Waals surface area contributed by atoms with Crippen molar-refractivity contribution in [3.05, 3.63) is 35.2 Å². The molecule has 82 valence electrons. The van der Waals surface area contributed by atoms with Crippen molar-refractivity contribution in [1.29, 1.82) is 0 Å². The Morgan fingerprint density at radius 3 is 2.44 bits per heavy atom. The van der Waals surface area contributed by atoms with E-state index in [-0.39, 0.29) is 0 Å². The lowest BCUT2D eigenvalue weighted by atomic mass is 9.98. The van der Waals surface area contributed by atoms with Gasteiger partial charge in [-0.15, -0.1) is 4.91 Å². The van der Waals surface area contributed by atoms with Gasteiger partial charge in [-0.05, 0) is 31.2 Å². The first-order valence-corrected chi connectivity index (χ1v) is 4.89. The SMILES string of the molecule is CC1=NN(c2ccccc2)C(=O)C1(C)N=O. The van der Waals surface area contributed by atoms with Gasteiger partial charge in [-0.25, -0.2) is 0 Å². The fourth-order valence-electron chi connectivity index (χ4n) is 1.50. The molecule has 5 heteroatoms. The van der Waals surface area contributed by atoms with Crippen molar-refractivity contribution >= 4 is 17.3 Å². The molecule has 0 fully saturated rings. The van der Waals surface area contributed by atoms with Gasteiger partial charge in [-0.3, -0.25) is 4.79 Å². The molecular formula is C11H11N3O2. The van der Waals surface area contributed by atoms with Crippen molar-refractivity contribution in [3.8, 4) is 0 Å². The minimum Gasteiger partial charge on any atom is -0.269 e. The van der Waals surface area contributed by atoms with Gasteiger partial charge in [-0.2, -0.15) is 10.1 Å². The summed E-state index contributed by atoms with van der Waals surface area (Å²) in [6.07, 6.45) is 0. The Hall–Kier alpha value is -2.04. The van der Waals surface area contributed by atoms with Crippen LogP contribution in [-0.2, 0) is 4.79 Å². The molecule has 5 nitrogen and oxygen atoms in total. The van der Waals surface area contributed by atoms with Crippen LogP contribution in [0.4, 0.5) is 5.69 Å². The number of carbonyl (C=O) groups excluding carboxylic acids is 1. The van der Waals surface area contributed by atoms with Crippen LogP contribution in [0.2, 0.25) is 0 Å². The molecule has 0 N–H and O–H groups in total. The fourth-order valence-corrected chi connectivity index (χ4v) is 1.50. The van der Waals surface area contributed by atoms with Crippen LogP contribution in [0.3, 0.4) is 0 Å². The van der Waals surface area contributed by atoms with E-state index in [1.54, 1.807) is 31.2 Å². The van der Waals surface area contributed by atoms with Gasteiger partial charge in [0.25, 0.3) is 5.91 Å². The van der Waals surface area contributed by atoms with Crippen molar-refractivity contribution in [2.75, 3.05) is 5.01 Å². The zero-order valence-corrected chi connectivity index (χ0v) is 9.04. The second-order valence-electron chi connectivity index (χ2n) is 3.80. The number of benzene rings is 1. The van der Waals surface area contributed by atoms with Crippen LogP contribution in [0.15, 0.2) is 40.6 Å². The van der Waals surface area contributed by atoms with E-state index in [4.69, 9.17) is 0 Å². The molecule has 1 heterocycles. The van der Waals surface area contributed by atoms with Crippen LogP contribution in [0, 0.1) is 4.91 Å². The molecule has 16 heavy (non-hydrogen) atoms. The largest absolute Gasteiger partial charge is 0.284 e. The van der Waals surface area contributed by atoms with Gasteiger partial charge in [0.05, 0.1) is 11.4 Å². The van der Waals surface area contributed by atoms with Gasteiger partial charge in [-0.1, -0.05) is 18.2 Å². The van der Waals surface area contributed by atoms with Gasteiger partial charge in [0.1, 0.15) is 0 Å². The summed E-state index contributed by atoms with van der Waals surface area (Å²) >= 11 is 0. The Bertz CT molecular complexity index is 469. The van der Waals surface area contributed by atoms with Crippen LogP contribution < -0.4 is 5.01 Å². The number of amides is 1. The zero-order valence-electron chi connectivity index (χ0n) is 9.04. The molecule has 0 spiro atoms. The van der Waals surface area contributed by atoms with Gasteiger partial charge in [0.2, 0.25) is 5.54 Å². The van der Waals surface area contributed by atoms with E-state index < -0.39 is 11.4 Å². The van der Waals surface area contributed by atoms with Gasteiger partial charge >= 0.3 is 0 Å². The third kappa shape index (κ3) is 1.32. The minimum absolute atomic E-state index is 0.411. The van der Waals surface area contributed by atoms with Crippen LogP contribution in [0.1, 0.15) is 13.8 Å². The first-order chi connectivity index (χ1) is 7.59. The molecular weight excluding hydrogens is 206 g/mol. The summed E-state index contributed by atoms with van der Waals surface area (Å²) in [4.78, 5) is 22.7. The Balaban J connectivity index is 2.43. The van der Waals surface area contributed by atoms with E-state index >= 15 is 0 Å². The normalized spacial score (nSPS) is 24.5. The molecule has 0 radical (unpaired) electrons. The number of hydrazone groups is 1. The molecule has 1 amide bonds. The minimum atomic E-state index is -1.37. The summed E-state index contributed by atoms with van der Waals surface area (Å²) in [6, 6.07) is 8.96. The molecule has 0 saturated heterocycles. The number of nitroso groups, excluding NO2 is 1. The molecule has 1 aromatic carbocycles. The molecule has 1 aliphatic heterocycles. The molecule has 2 rings (SSSR count). The Kier molecular flexibility index (Phi) is 2.30. The predicted octanol–water partition coefficient (Wildman–Crippen LogP) is 1.93. The lowest BCUT2D eigenvalue weighted by molar-refractivity contribution is -0.120. The van der Waals surface area contributed by atoms with Crippen molar-refractivity contribution < 1.29 is 4.79 Å². The summed E-state index contributed by atoms with van der Waals surface area (Å²) in [5, 5.41) is 8.17. The summed E-state index contributed by atoms with van der Waals surface area (Å²) in [7, 11) is 0. The van der Waals surface area contributed by atoms with Gasteiger partial charge in [0, 0.05) is 0 Å². The van der Waals surface area contributed by atoms with Crippen LogP contribution >= 0.6 is 0 Å². The standard InChI is InChI=1S/C11H11N3O2/c1-8-11(2,13-16)10(15)14(12-8)9-6-4-3-5-7-9/h3-7H,1-2H3. The third-order valence-electron chi connectivity index (χ3n) is 2.75. The van der Waals surface area contributed by atoms with E-state index in [1.807, 2.05) is 6.07 Å². The number of hydrogen-bond donors (Lipinski definition) is 0. The van der Waals surface area contributed by atoms with E-state index in [2.05, 4.69) is 10.3 Å².